The number of nitrogens with zero attached hydrogens (tertiary/aromatic N) is 1. The Bertz CT molecular complexity index is 490. The second-order valence-electron chi connectivity index (χ2n) is 4.04. The van der Waals surface area contributed by atoms with E-state index in [1.54, 1.807) is 25.1 Å². The number of benzene rings is 1. The SMILES string of the molecule is CCC(C)(OC)C(=O)Nc1ccc(Br)cc1C#N. The number of methoxy groups -OCH3 is 1. The van der Waals surface area contributed by atoms with Gasteiger partial charge in [-0.1, -0.05) is 22.9 Å². The predicted molar refractivity (Wildman–Crippen MR) is 73.2 cm³/mol. The van der Waals surface area contributed by atoms with Crippen LogP contribution in [0.3, 0.4) is 0 Å². The predicted octanol–water partition coefficient (Wildman–Crippen LogP) is 3.07. The molecule has 0 aliphatic heterocycles. The Morgan fingerprint density at radius 1 is 1.61 bits per heavy atom. The standard InChI is InChI=1S/C13H15BrN2O2/c1-4-13(2,18-3)12(17)16-11-6-5-10(14)7-9(11)8-15/h5-7H,4H2,1-3H3,(H,16,17). The minimum atomic E-state index is -0.889. The quantitative estimate of drug-likeness (QED) is 0.929. The molecule has 0 bridgehead atoms. The van der Waals surface area contributed by atoms with Gasteiger partial charge < -0.3 is 10.1 Å². The number of rotatable bonds is 4. The lowest BCUT2D eigenvalue weighted by Gasteiger charge is -2.25. The summed E-state index contributed by atoms with van der Waals surface area (Å²) in [6.07, 6.45) is 0.549. The molecule has 1 amide bonds. The van der Waals surface area contributed by atoms with Crippen molar-refractivity contribution >= 4 is 27.5 Å². The van der Waals surface area contributed by atoms with Gasteiger partial charge in [-0.15, -0.1) is 0 Å². The first-order valence-corrected chi connectivity index (χ1v) is 6.32. The van der Waals surface area contributed by atoms with Gasteiger partial charge in [0.15, 0.2) is 0 Å². The molecule has 0 aliphatic rings. The second-order valence-corrected chi connectivity index (χ2v) is 4.96. The molecule has 1 unspecified atom stereocenters. The van der Waals surface area contributed by atoms with E-state index >= 15 is 0 Å². The summed E-state index contributed by atoms with van der Waals surface area (Å²) in [7, 11) is 1.50. The lowest BCUT2D eigenvalue weighted by Crippen LogP contribution is -2.41. The Morgan fingerprint density at radius 2 is 2.28 bits per heavy atom. The zero-order valence-electron chi connectivity index (χ0n) is 10.6. The zero-order valence-corrected chi connectivity index (χ0v) is 12.2. The lowest BCUT2D eigenvalue weighted by molar-refractivity contribution is -0.136. The second kappa shape index (κ2) is 5.98. The highest BCUT2D eigenvalue weighted by Crippen LogP contribution is 2.23. The minimum Gasteiger partial charge on any atom is -0.369 e. The fourth-order valence-corrected chi connectivity index (χ4v) is 1.73. The number of ether oxygens (including phenoxy) is 1. The average molecular weight is 311 g/mol. The van der Waals surface area contributed by atoms with Crippen LogP contribution in [0.4, 0.5) is 5.69 Å². The van der Waals surface area contributed by atoms with E-state index in [-0.39, 0.29) is 5.91 Å². The Labute approximate surface area is 115 Å². The molecule has 0 aliphatic carbocycles. The third-order valence-corrected chi connectivity index (χ3v) is 3.45. The van der Waals surface area contributed by atoms with Gasteiger partial charge in [0, 0.05) is 11.6 Å². The summed E-state index contributed by atoms with van der Waals surface area (Å²) < 4.78 is 6.01. The minimum absolute atomic E-state index is 0.258. The molecule has 1 N–H and O–H groups in total. The average Bonchev–Trinajstić information content (AvgIpc) is 2.39. The van der Waals surface area contributed by atoms with Crippen molar-refractivity contribution in [2.45, 2.75) is 25.9 Å². The van der Waals surface area contributed by atoms with Crippen molar-refractivity contribution in [1.29, 1.82) is 5.26 Å². The van der Waals surface area contributed by atoms with Gasteiger partial charge in [0.25, 0.3) is 5.91 Å². The van der Waals surface area contributed by atoms with Gasteiger partial charge in [-0.05, 0) is 31.5 Å². The van der Waals surface area contributed by atoms with Crippen LogP contribution >= 0.6 is 15.9 Å². The summed E-state index contributed by atoms with van der Waals surface area (Å²) in [5.74, 6) is -0.258. The van der Waals surface area contributed by atoms with Gasteiger partial charge in [-0.25, -0.2) is 0 Å². The molecule has 0 saturated carbocycles. The maximum atomic E-state index is 12.1. The molecule has 1 rings (SSSR count). The van der Waals surface area contributed by atoms with E-state index in [0.29, 0.717) is 17.7 Å². The highest BCUT2D eigenvalue weighted by molar-refractivity contribution is 9.10. The molecular weight excluding hydrogens is 296 g/mol. The van der Waals surface area contributed by atoms with Gasteiger partial charge in [0.05, 0.1) is 11.3 Å². The molecule has 0 fully saturated rings. The number of amides is 1. The fourth-order valence-electron chi connectivity index (χ4n) is 1.37. The van der Waals surface area contributed by atoms with Crippen molar-refractivity contribution in [3.8, 4) is 6.07 Å². The molecule has 1 aromatic rings. The van der Waals surface area contributed by atoms with Crippen LogP contribution in [0.25, 0.3) is 0 Å². The lowest BCUT2D eigenvalue weighted by atomic mass is 10.0. The van der Waals surface area contributed by atoms with Crippen LogP contribution in [0, 0.1) is 11.3 Å². The van der Waals surface area contributed by atoms with Crippen LogP contribution in [0.1, 0.15) is 25.8 Å². The first-order valence-electron chi connectivity index (χ1n) is 5.53. The summed E-state index contributed by atoms with van der Waals surface area (Å²) >= 11 is 3.28. The number of anilines is 1. The number of carbonyl (C=O) groups is 1. The summed E-state index contributed by atoms with van der Waals surface area (Å²) in [4.78, 5) is 12.1. The molecule has 4 nitrogen and oxygen atoms in total. The largest absolute Gasteiger partial charge is 0.369 e. The van der Waals surface area contributed by atoms with Crippen molar-refractivity contribution in [3.63, 3.8) is 0 Å². The van der Waals surface area contributed by atoms with E-state index in [0.717, 1.165) is 4.47 Å². The molecule has 96 valence electrons. The zero-order chi connectivity index (χ0) is 13.8. The number of nitriles is 1. The Kier molecular flexibility index (Phi) is 4.88. The van der Waals surface area contributed by atoms with E-state index < -0.39 is 5.60 Å². The highest BCUT2D eigenvalue weighted by Gasteiger charge is 2.31. The maximum absolute atomic E-state index is 12.1. The molecule has 0 radical (unpaired) electrons. The molecular formula is C13H15BrN2O2. The van der Waals surface area contributed by atoms with Gasteiger partial charge >= 0.3 is 0 Å². The van der Waals surface area contributed by atoms with Gasteiger partial charge in [0.1, 0.15) is 11.7 Å². The van der Waals surface area contributed by atoms with E-state index in [9.17, 15) is 4.79 Å². The van der Waals surface area contributed by atoms with Crippen LogP contribution in [0.15, 0.2) is 22.7 Å². The first kappa shape index (κ1) is 14.7. The maximum Gasteiger partial charge on any atom is 0.256 e. The molecule has 0 aromatic heterocycles. The third kappa shape index (κ3) is 3.09. The molecule has 0 heterocycles. The smallest absolute Gasteiger partial charge is 0.256 e. The van der Waals surface area contributed by atoms with Crippen LogP contribution in [-0.4, -0.2) is 18.6 Å². The van der Waals surface area contributed by atoms with Crippen molar-refractivity contribution in [2.75, 3.05) is 12.4 Å². The molecule has 1 aromatic carbocycles. The number of hydrogen-bond acceptors (Lipinski definition) is 3. The Morgan fingerprint density at radius 3 is 2.78 bits per heavy atom. The van der Waals surface area contributed by atoms with E-state index in [2.05, 4.69) is 21.2 Å². The van der Waals surface area contributed by atoms with Gasteiger partial charge in [-0.3, -0.25) is 4.79 Å². The molecule has 1 atom stereocenters. The summed E-state index contributed by atoms with van der Waals surface area (Å²) in [5, 5.41) is 11.7. The molecule has 0 spiro atoms. The molecule has 5 heteroatoms. The van der Waals surface area contributed by atoms with Gasteiger partial charge in [0.2, 0.25) is 0 Å². The number of carbonyl (C=O) groups excluding carboxylic acids is 1. The van der Waals surface area contributed by atoms with E-state index in [1.807, 2.05) is 13.0 Å². The van der Waals surface area contributed by atoms with Gasteiger partial charge in [-0.2, -0.15) is 5.26 Å². The van der Waals surface area contributed by atoms with Crippen molar-refractivity contribution in [3.05, 3.63) is 28.2 Å². The van der Waals surface area contributed by atoms with E-state index in [1.165, 1.54) is 7.11 Å². The van der Waals surface area contributed by atoms with Crippen LogP contribution in [0.2, 0.25) is 0 Å². The number of nitrogens with one attached hydrogen (secondary N) is 1. The monoisotopic (exact) mass is 310 g/mol. The Hall–Kier alpha value is -1.38. The van der Waals surface area contributed by atoms with E-state index in [4.69, 9.17) is 10.00 Å². The first-order chi connectivity index (χ1) is 8.46. The van der Waals surface area contributed by atoms with Crippen LogP contribution < -0.4 is 5.32 Å². The van der Waals surface area contributed by atoms with Crippen molar-refractivity contribution in [2.24, 2.45) is 0 Å². The topological polar surface area (TPSA) is 62.1 Å². The normalized spacial score (nSPS) is 13.5. The number of hydrogen-bond donors (Lipinski definition) is 1. The fraction of sp³-hybridized carbons (Fsp3) is 0.385. The van der Waals surface area contributed by atoms with Crippen molar-refractivity contribution < 1.29 is 9.53 Å². The Balaban J connectivity index is 2.99. The summed E-state index contributed by atoms with van der Waals surface area (Å²) in [6.45, 7) is 3.59. The number of halogens is 1. The third-order valence-electron chi connectivity index (χ3n) is 2.96. The molecule has 18 heavy (non-hydrogen) atoms. The van der Waals surface area contributed by atoms with Crippen LogP contribution in [-0.2, 0) is 9.53 Å². The van der Waals surface area contributed by atoms with Crippen molar-refractivity contribution in [1.82, 2.24) is 0 Å². The summed E-state index contributed by atoms with van der Waals surface area (Å²) in [6, 6.07) is 7.16. The molecule has 0 saturated heterocycles. The summed E-state index contributed by atoms with van der Waals surface area (Å²) in [5.41, 5.74) is 0.00879. The highest BCUT2D eigenvalue weighted by atomic mass is 79.9. The van der Waals surface area contributed by atoms with Crippen LogP contribution in [0.5, 0.6) is 0 Å².